The van der Waals surface area contributed by atoms with Crippen molar-refractivity contribution in [2.45, 2.75) is 79.2 Å². The van der Waals surface area contributed by atoms with E-state index < -0.39 is 0 Å². The molecule has 0 saturated carbocycles. The molecule has 132 valence electrons. The summed E-state index contributed by atoms with van der Waals surface area (Å²) in [5, 5.41) is 25.3. The van der Waals surface area contributed by atoms with Gasteiger partial charge in [-0.25, -0.2) is 0 Å². The zero-order valence-electron chi connectivity index (χ0n) is 15.1. The van der Waals surface area contributed by atoms with E-state index in [1.807, 2.05) is 0 Å². The smallest absolute Gasteiger partial charge is 0.0558 e. The van der Waals surface area contributed by atoms with Gasteiger partial charge in [-0.1, -0.05) is 52.9 Å². The minimum atomic E-state index is -0.167. The van der Waals surface area contributed by atoms with Crippen LogP contribution in [0.1, 0.15) is 73.1 Å². The van der Waals surface area contributed by atoms with Crippen molar-refractivity contribution in [2.75, 3.05) is 32.8 Å². The first kappa shape index (κ1) is 25.8. The monoisotopic (exact) mass is 307 g/mol. The van der Waals surface area contributed by atoms with Gasteiger partial charge in [0.05, 0.1) is 13.2 Å². The lowest BCUT2D eigenvalue weighted by Crippen LogP contribution is -2.30. The number of rotatable bonds is 10. The Bertz CT molecular complexity index is 142. The summed E-state index contributed by atoms with van der Waals surface area (Å²) < 4.78 is 0. The molecule has 0 saturated heterocycles. The molecular weight excluding hydrogens is 266 g/mol. The Kier molecular flexibility index (Phi) is 30.5. The number of unbranched alkanes of at least 4 members (excludes halogenated alkanes) is 4. The maximum absolute atomic E-state index is 8.64. The highest BCUT2D eigenvalue weighted by Crippen LogP contribution is 1.95. The van der Waals surface area contributed by atoms with Gasteiger partial charge in [-0.05, 0) is 26.8 Å². The third kappa shape index (κ3) is 38.3. The molecule has 0 aromatic carbocycles. The summed E-state index contributed by atoms with van der Waals surface area (Å²) in [7, 11) is 0. The van der Waals surface area contributed by atoms with Crippen LogP contribution in [-0.4, -0.2) is 59.2 Å². The first-order chi connectivity index (χ1) is 9.99. The fourth-order valence-corrected chi connectivity index (χ4v) is 1.50. The standard InChI is InChI=1S/C8H19NO2.C6H14.C3H8O/c1-2-3-4-9(5-7-10)6-8-11;1-3-5-6-4-2;1-3(2)4/h10-11H,2-8H2,1H3;3-6H2,1-2H3;3-4H,1-2H3. The minimum Gasteiger partial charge on any atom is -0.395 e. The molecule has 0 fully saturated rings. The quantitative estimate of drug-likeness (QED) is 0.543. The van der Waals surface area contributed by atoms with Gasteiger partial charge in [0.2, 0.25) is 0 Å². The minimum absolute atomic E-state index is 0.167. The number of aliphatic hydroxyl groups is 3. The molecule has 0 rings (SSSR count). The molecule has 0 atom stereocenters. The van der Waals surface area contributed by atoms with Crippen molar-refractivity contribution >= 4 is 0 Å². The fraction of sp³-hybridized carbons (Fsp3) is 1.00. The van der Waals surface area contributed by atoms with Crippen molar-refractivity contribution in [2.24, 2.45) is 0 Å². The van der Waals surface area contributed by atoms with Crippen molar-refractivity contribution < 1.29 is 15.3 Å². The second-order valence-corrected chi connectivity index (χ2v) is 5.44. The second-order valence-electron chi connectivity index (χ2n) is 5.44. The Hall–Kier alpha value is -0.160. The molecule has 4 heteroatoms. The summed E-state index contributed by atoms with van der Waals surface area (Å²) in [6.45, 7) is 12.8. The Labute approximate surface area is 133 Å². The van der Waals surface area contributed by atoms with Crippen molar-refractivity contribution in [1.29, 1.82) is 0 Å². The van der Waals surface area contributed by atoms with Crippen LogP contribution < -0.4 is 0 Å². The number of hydrogen-bond acceptors (Lipinski definition) is 4. The molecule has 0 aliphatic carbocycles. The lowest BCUT2D eigenvalue weighted by molar-refractivity contribution is 0.159. The van der Waals surface area contributed by atoms with Crippen molar-refractivity contribution in [1.82, 2.24) is 4.90 Å². The van der Waals surface area contributed by atoms with Crippen LogP contribution >= 0.6 is 0 Å². The SMILES string of the molecule is CC(C)O.CCCCCC.CCCCN(CCO)CCO. The van der Waals surface area contributed by atoms with Crippen LogP contribution in [0.15, 0.2) is 0 Å². The predicted octanol–water partition coefficient (Wildman–Crippen LogP) is 3.05. The number of hydrogen-bond donors (Lipinski definition) is 3. The summed E-state index contributed by atoms with van der Waals surface area (Å²) in [5.74, 6) is 0. The molecule has 0 aliphatic heterocycles. The van der Waals surface area contributed by atoms with Crippen molar-refractivity contribution in [3.05, 3.63) is 0 Å². The van der Waals surface area contributed by atoms with E-state index in [0.29, 0.717) is 13.1 Å². The maximum atomic E-state index is 8.64. The van der Waals surface area contributed by atoms with Gasteiger partial charge in [-0.3, -0.25) is 4.90 Å². The molecule has 21 heavy (non-hydrogen) atoms. The Morgan fingerprint density at radius 2 is 1.05 bits per heavy atom. The van der Waals surface area contributed by atoms with Gasteiger partial charge in [-0.15, -0.1) is 0 Å². The maximum Gasteiger partial charge on any atom is 0.0558 e. The molecule has 0 unspecified atom stereocenters. The number of aliphatic hydroxyl groups excluding tert-OH is 3. The van der Waals surface area contributed by atoms with Crippen LogP contribution in [0.4, 0.5) is 0 Å². The first-order valence-corrected chi connectivity index (χ1v) is 8.62. The van der Waals surface area contributed by atoms with Crippen LogP contribution in [0.2, 0.25) is 0 Å². The zero-order valence-corrected chi connectivity index (χ0v) is 15.1. The Morgan fingerprint density at radius 1 is 0.714 bits per heavy atom. The summed E-state index contributed by atoms with van der Waals surface area (Å²) in [6.07, 6.45) is 7.67. The molecule has 0 bridgehead atoms. The molecule has 0 heterocycles. The van der Waals surface area contributed by atoms with Gasteiger partial charge in [0.1, 0.15) is 0 Å². The van der Waals surface area contributed by atoms with Crippen LogP contribution in [0.25, 0.3) is 0 Å². The molecule has 0 aliphatic rings. The van der Waals surface area contributed by atoms with Crippen LogP contribution in [0, 0.1) is 0 Å². The molecule has 3 N–H and O–H groups in total. The topological polar surface area (TPSA) is 63.9 Å². The van der Waals surface area contributed by atoms with Crippen LogP contribution in [0.3, 0.4) is 0 Å². The molecule has 0 aromatic rings. The van der Waals surface area contributed by atoms with Crippen LogP contribution in [-0.2, 0) is 0 Å². The average molecular weight is 308 g/mol. The lowest BCUT2D eigenvalue weighted by atomic mass is 10.2. The third-order valence-corrected chi connectivity index (χ3v) is 2.62. The van der Waals surface area contributed by atoms with E-state index in [9.17, 15) is 0 Å². The van der Waals surface area contributed by atoms with E-state index in [0.717, 1.165) is 19.4 Å². The van der Waals surface area contributed by atoms with E-state index in [4.69, 9.17) is 15.3 Å². The molecule has 4 nitrogen and oxygen atoms in total. The second kappa shape index (κ2) is 24.8. The summed E-state index contributed by atoms with van der Waals surface area (Å²) in [6, 6.07) is 0. The van der Waals surface area contributed by atoms with Gasteiger partial charge in [0, 0.05) is 19.2 Å². The normalized spacial score (nSPS) is 10.0. The van der Waals surface area contributed by atoms with Gasteiger partial charge >= 0.3 is 0 Å². The van der Waals surface area contributed by atoms with E-state index in [2.05, 4.69) is 25.7 Å². The highest BCUT2D eigenvalue weighted by Gasteiger charge is 2.00. The molecular formula is C17H41NO3. The van der Waals surface area contributed by atoms with Crippen molar-refractivity contribution in [3.8, 4) is 0 Å². The third-order valence-electron chi connectivity index (χ3n) is 2.62. The van der Waals surface area contributed by atoms with E-state index in [1.165, 1.54) is 25.7 Å². The lowest BCUT2D eigenvalue weighted by Gasteiger charge is -2.19. The number of nitrogens with zero attached hydrogens (tertiary/aromatic N) is 1. The van der Waals surface area contributed by atoms with E-state index >= 15 is 0 Å². The first-order valence-electron chi connectivity index (χ1n) is 8.62. The summed E-state index contributed by atoms with van der Waals surface area (Å²) in [4.78, 5) is 2.07. The summed E-state index contributed by atoms with van der Waals surface area (Å²) in [5.41, 5.74) is 0. The predicted molar refractivity (Wildman–Crippen MR) is 92.7 cm³/mol. The van der Waals surface area contributed by atoms with Gasteiger partial charge in [0.25, 0.3) is 0 Å². The van der Waals surface area contributed by atoms with Gasteiger partial charge in [0.15, 0.2) is 0 Å². The molecule has 0 spiro atoms. The largest absolute Gasteiger partial charge is 0.395 e. The molecule has 0 aromatic heterocycles. The van der Waals surface area contributed by atoms with E-state index in [1.54, 1.807) is 13.8 Å². The Balaban J connectivity index is -0.000000272. The molecule has 0 amide bonds. The summed E-state index contributed by atoms with van der Waals surface area (Å²) >= 11 is 0. The van der Waals surface area contributed by atoms with Gasteiger partial charge < -0.3 is 15.3 Å². The molecule has 0 radical (unpaired) electrons. The van der Waals surface area contributed by atoms with Crippen molar-refractivity contribution in [3.63, 3.8) is 0 Å². The average Bonchev–Trinajstić information content (AvgIpc) is 2.43. The zero-order chi connectivity index (χ0) is 16.9. The Morgan fingerprint density at radius 3 is 1.29 bits per heavy atom. The van der Waals surface area contributed by atoms with Gasteiger partial charge in [-0.2, -0.15) is 0 Å². The van der Waals surface area contributed by atoms with E-state index in [-0.39, 0.29) is 19.3 Å². The van der Waals surface area contributed by atoms with Crippen LogP contribution in [0.5, 0.6) is 0 Å². The highest BCUT2D eigenvalue weighted by molar-refractivity contribution is 4.55. The fourth-order valence-electron chi connectivity index (χ4n) is 1.50. The highest BCUT2D eigenvalue weighted by atomic mass is 16.3.